The van der Waals surface area contributed by atoms with Crippen molar-refractivity contribution in [2.75, 3.05) is 6.35 Å². The van der Waals surface area contributed by atoms with Crippen LogP contribution in [0.25, 0.3) is 0 Å². The Hall–Kier alpha value is -0.440. The van der Waals surface area contributed by atoms with Crippen molar-refractivity contribution in [2.24, 2.45) is 0 Å². The van der Waals surface area contributed by atoms with Crippen molar-refractivity contribution < 1.29 is 19.3 Å². The maximum Gasteiger partial charge on any atom is 0.330 e. The predicted octanol–water partition coefficient (Wildman–Crippen LogP) is -0.0304. The first-order valence-electron chi connectivity index (χ1n) is 2.11. The molecule has 0 aromatic carbocycles. The van der Waals surface area contributed by atoms with Gasteiger partial charge in [-0.25, -0.2) is 4.79 Å². The maximum atomic E-state index is 10.2. The van der Waals surface area contributed by atoms with Gasteiger partial charge >= 0.3 is 5.97 Å². The monoisotopic (exact) mass is 150 g/mol. The number of esters is 1. The summed E-state index contributed by atoms with van der Waals surface area (Å²) >= 11 is 0. The molecule has 5 heteroatoms. The summed E-state index contributed by atoms with van der Waals surface area (Å²) in [5, 5.41) is 0. The minimum atomic E-state index is -2.13. The molecule has 0 radical (unpaired) electrons. The van der Waals surface area contributed by atoms with E-state index < -0.39 is 14.3 Å². The van der Waals surface area contributed by atoms with Crippen LogP contribution in [-0.2, 0) is 9.53 Å². The Balaban J connectivity index is 3.27. The van der Waals surface area contributed by atoms with E-state index in [4.69, 9.17) is 9.79 Å². The molecule has 0 aliphatic heterocycles. The number of carbonyl (C=O) groups is 1. The number of carbonyl (C=O) groups excluding carboxylic acids is 1. The molecule has 9 heavy (non-hydrogen) atoms. The SMILES string of the molecule is C=CC(=O)OCP(O)O. The lowest BCUT2D eigenvalue weighted by Crippen LogP contribution is -1.99. The zero-order valence-electron chi connectivity index (χ0n) is 4.65. The fraction of sp³-hybridized carbons (Fsp3) is 0.250. The molecule has 0 unspecified atom stereocenters. The highest BCUT2D eigenvalue weighted by atomic mass is 31.2. The standard InChI is InChI=1S/C4H7O4P/c1-2-4(5)8-3-9(6)7/h2,6-7H,1,3H2. The smallest absolute Gasteiger partial charge is 0.330 e. The van der Waals surface area contributed by atoms with Crippen molar-refractivity contribution in [3.63, 3.8) is 0 Å². The van der Waals surface area contributed by atoms with Gasteiger partial charge in [0.1, 0.15) is 0 Å². The van der Waals surface area contributed by atoms with Gasteiger partial charge in [0.25, 0.3) is 0 Å². The van der Waals surface area contributed by atoms with E-state index in [1.807, 2.05) is 0 Å². The lowest BCUT2D eigenvalue weighted by molar-refractivity contribution is -0.136. The van der Waals surface area contributed by atoms with Gasteiger partial charge in [-0.2, -0.15) is 0 Å². The number of hydrogen-bond donors (Lipinski definition) is 2. The molecule has 52 valence electrons. The summed E-state index contributed by atoms with van der Waals surface area (Å²) in [6, 6.07) is 0. The van der Waals surface area contributed by atoms with Crippen molar-refractivity contribution in [3.05, 3.63) is 12.7 Å². The summed E-state index contributed by atoms with van der Waals surface area (Å²) < 4.78 is 4.22. The Kier molecular flexibility index (Phi) is 4.22. The van der Waals surface area contributed by atoms with Crippen LogP contribution in [0.3, 0.4) is 0 Å². The van der Waals surface area contributed by atoms with Crippen molar-refractivity contribution >= 4 is 14.3 Å². The summed E-state index contributed by atoms with van der Waals surface area (Å²) in [6.07, 6.45) is 0.610. The zero-order valence-corrected chi connectivity index (χ0v) is 5.54. The van der Waals surface area contributed by atoms with E-state index in [-0.39, 0.29) is 6.35 Å². The molecule has 0 spiro atoms. The molecule has 0 amide bonds. The van der Waals surface area contributed by atoms with Crippen LogP contribution in [0.5, 0.6) is 0 Å². The van der Waals surface area contributed by atoms with Crippen LogP contribution < -0.4 is 0 Å². The van der Waals surface area contributed by atoms with Gasteiger partial charge in [-0.1, -0.05) is 6.58 Å². The summed E-state index contributed by atoms with van der Waals surface area (Å²) in [4.78, 5) is 26.6. The lowest BCUT2D eigenvalue weighted by Gasteiger charge is -2.00. The van der Waals surface area contributed by atoms with E-state index in [9.17, 15) is 4.79 Å². The Labute approximate surface area is 53.7 Å². The Morgan fingerprint density at radius 1 is 1.78 bits per heavy atom. The highest BCUT2D eigenvalue weighted by Crippen LogP contribution is 2.21. The lowest BCUT2D eigenvalue weighted by atomic mass is 10.7. The van der Waals surface area contributed by atoms with Gasteiger partial charge in [-0.15, -0.1) is 0 Å². The highest BCUT2D eigenvalue weighted by molar-refractivity contribution is 7.44. The van der Waals surface area contributed by atoms with Crippen LogP contribution in [0.4, 0.5) is 0 Å². The van der Waals surface area contributed by atoms with E-state index in [1.165, 1.54) is 0 Å². The van der Waals surface area contributed by atoms with Gasteiger partial charge < -0.3 is 14.5 Å². The molecular weight excluding hydrogens is 143 g/mol. The fourth-order valence-electron chi connectivity index (χ4n) is 0.180. The molecule has 0 fully saturated rings. The van der Waals surface area contributed by atoms with Gasteiger partial charge in [-0.05, 0) is 0 Å². The van der Waals surface area contributed by atoms with Crippen LogP contribution in [0.15, 0.2) is 12.7 Å². The second kappa shape index (κ2) is 4.44. The summed E-state index contributed by atoms with van der Waals surface area (Å²) in [6.45, 7) is 3.11. The molecule has 0 aliphatic rings. The fourth-order valence-corrected chi connectivity index (χ4v) is 0.423. The largest absolute Gasteiger partial charge is 0.453 e. The van der Waals surface area contributed by atoms with Crippen molar-refractivity contribution in [1.82, 2.24) is 0 Å². The Morgan fingerprint density at radius 2 is 2.33 bits per heavy atom. The Morgan fingerprint density at radius 3 is 2.67 bits per heavy atom. The number of ether oxygens (including phenoxy) is 1. The summed E-state index contributed by atoms with van der Waals surface area (Å²) in [5.74, 6) is -0.648. The van der Waals surface area contributed by atoms with Gasteiger partial charge in [0.15, 0.2) is 6.35 Å². The van der Waals surface area contributed by atoms with E-state index >= 15 is 0 Å². The third-order valence-electron chi connectivity index (χ3n) is 0.489. The van der Waals surface area contributed by atoms with Gasteiger partial charge in [0, 0.05) is 6.08 Å². The molecule has 0 aliphatic carbocycles. The van der Waals surface area contributed by atoms with E-state index in [0.717, 1.165) is 6.08 Å². The molecule has 2 N–H and O–H groups in total. The average molecular weight is 150 g/mol. The topological polar surface area (TPSA) is 66.8 Å². The molecule has 0 aromatic heterocycles. The molecule has 0 heterocycles. The first-order valence-corrected chi connectivity index (χ1v) is 3.54. The second-order valence-electron chi connectivity index (χ2n) is 1.17. The molecule has 0 saturated carbocycles. The summed E-state index contributed by atoms with van der Waals surface area (Å²) in [7, 11) is -2.13. The minimum absolute atomic E-state index is 0.347. The normalized spacial score (nSPS) is 9.22. The quantitative estimate of drug-likeness (QED) is 0.337. The summed E-state index contributed by atoms with van der Waals surface area (Å²) in [5.41, 5.74) is 0. The van der Waals surface area contributed by atoms with E-state index in [1.54, 1.807) is 0 Å². The van der Waals surface area contributed by atoms with Gasteiger partial charge in [0.05, 0.1) is 0 Å². The van der Waals surface area contributed by atoms with E-state index in [2.05, 4.69) is 11.3 Å². The van der Waals surface area contributed by atoms with Crippen LogP contribution in [0.1, 0.15) is 0 Å². The third kappa shape index (κ3) is 5.43. The molecule has 0 aromatic rings. The van der Waals surface area contributed by atoms with Gasteiger partial charge in [0.2, 0.25) is 8.38 Å². The highest BCUT2D eigenvalue weighted by Gasteiger charge is 2.00. The second-order valence-corrected chi connectivity index (χ2v) is 2.17. The van der Waals surface area contributed by atoms with Crippen molar-refractivity contribution in [1.29, 1.82) is 0 Å². The first-order chi connectivity index (χ1) is 4.16. The molecule has 4 nitrogen and oxygen atoms in total. The number of rotatable bonds is 3. The third-order valence-corrected chi connectivity index (χ3v) is 0.849. The number of hydrogen-bond acceptors (Lipinski definition) is 4. The molecule has 0 atom stereocenters. The van der Waals surface area contributed by atoms with Crippen molar-refractivity contribution in [3.8, 4) is 0 Å². The molecule has 0 rings (SSSR count). The van der Waals surface area contributed by atoms with Crippen LogP contribution in [-0.4, -0.2) is 22.1 Å². The first kappa shape index (κ1) is 8.56. The molecule has 0 bridgehead atoms. The molecular formula is C4H7O4P. The van der Waals surface area contributed by atoms with Crippen molar-refractivity contribution in [2.45, 2.75) is 0 Å². The van der Waals surface area contributed by atoms with Crippen LogP contribution >= 0.6 is 8.38 Å². The maximum absolute atomic E-state index is 10.2. The van der Waals surface area contributed by atoms with Crippen LogP contribution in [0.2, 0.25) is 0 Å². The van der Waals surface area contributed by atoms with Crippen LogP contribution in [0, 0.1) is 0 Å². The Bertz CT molecular complexity index is 111. The average Bonchev–Trinajstić information content (AvgIpc) is 1.83. The minimum Gasteiger partial charge on any atom is -0.453 e. The zero-order chi connectivity index (χ0) is 7.28. The predicted molar refractivity (Wildman–Crippen MR) is 32.5 cm³/mol. The van der Waals surface area contributed by atoms with E-state index in [0.29, 0.717) is 0 Å². The van der Waals surface area contributed by atoms with Gasteiger partial charge in [-0.3, -0.25) is 0 Å². The molecule has 0 saturated heterocycles.